The summed E-state index contributed by atoms with van der Waals surface area (Å²) in [7, 11) is 0. The van der Waals surface area contributed by atoms with E-state index in [1.165, 1.54) is 12.1 Å². The van der Waals surface area contributed by atoms with Crippen LogP contribution in [0.25, 0.3) is 0 Å². The van der Waals surface area contributed by atoms with Crippen molar-refractivity contribution in [3.05, 3.63) is 41.5 Å². The largest absolute Gasteiger partial charge is 0.508 e. The quantitative estimate of drug-likeness (QED) is 0.433. The molecule has 2 unspecified atom stereocenters. The van der Waals surface area contributed by atoms with Crippen molar-refractivity contribution in [2.24, 2.45) is 0 Å². The molecule has 0 aromatic heterocycles. The van der Waals surface area contributed by atoms with Crippen LogP contribution in [0.3, 0.4) is 0 Å². The molecule has 24 heavy (non-hydrogen) atoms. The summed E-state index contributed by atoms with van der Waals surface area (Å²) in [5, 5.41) is 48.1. The molecule has 0 amide bonds. The summed E-state index contributed by atoms with van der Waals surface area (Å²) in [6.07, 6.45) is -2.75. The summed E-state index contributed by atoms with van der Waals surface area (Å²) in [5.74, 6) is -2.41. The van der Waals surface area contributed by atoms with Crippen LogP contribution in [0.1, 0.15) is 22.0 Å². The molecule has 1 aliphatic heterocycles. The Labute approximate surface area is 135 Å². The molecule has 2 aromatic rings. The van der Waals surface area contributed by atoms with Gasteiger partial charge in [-0.15, -0.1) is 0 Å². The summed E-state index contributed by atoms with van der Waals surface area (Å²) in [6, 6.07) is 5.85. The predicted molar refractivity (Wildman–Crippen MR) is 80.5 cm³/mol. The van der Waals surface area contributed by atoms with Crippen LogP contribution >= 0.6 is 0 Å². The van der Waals surface area contributed by atoms with E-state index in [1.54, 1.807) is 0 Å². The summed E-state index contributed by atoms with van der Waals surface area (Å²) in [6.45, 7) is 0. The number of phenolic OH excluding ortho intramolecular Hbond substituents is 4. The molecule has 0 bridgehead atoms. The zero-order valence-corrected chi connectivity index (χ0v) is 12.1. The van der Waals surface area contributed by atoms with Crippen LogP contribution in [0.15, 0.2) is 30.3 Å². The standard InChI is InChI=1S/C15H12O7.2H2O/c16-7-4-10(19)12-11(5-7)22-15(14(21)13(12)20)6-1-2-8(17)9(18)3-6;;/h1-5,14-19,21H;2*1H2. The van der Waals surface area contributed by atoms with E-state index in [1.807, 2.05) is 0 Å². The fraction of sp³-hybridized carbons (Fsp3) is 0.133. The number of Topliss-reactive ketones (excluding diaryl/α,β-unsaturated/α-hetero) is 1. The van der Waals surface area contributed by atoms with Crippen LogP contribution in [0.5, 0.6) is 28.7 Å². The lowest BCUT2D eigenvalue weighted by atomic mass is 9.92. The van der Waals surface area contributed by atoms with Gasteiger partial charge in [0.25, 0.3) is 0 Å². The van der Waals surface area contributed by atoms with E-state index in [0.717, 1.165) is 18.2 Å². The number of carbonyl (C=O) groups excluding carboxylic acids is 1. The van der Waals surface area contributed by atoms with Gasteiger partial charge in [0, 0.05) is 12.1 Å². The van der Waals surface area contributed by atoms with Crippen LogP contribution in [-0.4, -0.2) is 48.4 Å². The molecule has 9 N–H and O–H groups in total. The van der Waals surface area contributed by atoms with Crippen LogP contribution in [0.2, 0.25) is 0 Å². The van der Waals surface area contributed by atoms with Gasteiger partial charge in [0.1, 0.15) is 22.8 Å². The Kier molecular flexibility index (Phi) is 5.25. The second-order valence-electron chi connectivity index (χ2n) is 4.93. The Morgan fingerprint density at radius 3 is 2.17 bits per heavy atom. The SMILES string of the molecule is O.O.O=C1c2c(O)cc(O)cc2OC(c2ccc(O)c(O)c2)C1O. The van der Waals surface area contributed by atoms with Crippen molar-refractivity contribution < 1.29 is 46.0 Å². The highest BCUT2D eigenvalue weighted by Crippen LogP contribution is 2.42. The minimum atomic E-state index is -1.60. The molecule has 0 saturated carbocycles. The molecule has 2 aromatic carbocycles. The van der Waals surface area contributed by atoms with E-state index >= 15 is 0 Å². The highest BCUT2D eigenvalue weighted by atomic mass is 16.5. The van der Waals surface area contributed by atoms with E-state index < -0.39 is 29.5 Å². The Morgan fingerprint density at radius 2 is 1.54 bits per heavy atom. The van der Waals surface area contributed by atoms with Crippen molar-refractivity contribution in [2.75, 3.05) is 0 Å². The first-order valence-corrected chi connectivity index (χ1v) is 6.35. The normalized spacial score (nSPS) is 18.6. The van der Waals surface area contributed by atoms with Crippen molar-refractivity contribution in [3.63, 3.8) is 0 Å². The lowest BCUT2D eigenvalue weighted by Crippen LogP contribution is -2.36. The number of aromatic hydroxyl groups is 4. The Balaban J connectivity index is 0.00000144. The number of hydrogen-bond acceptors (Lipinski definition) is 7. The third-order valence-electron chi connectivity index (χ3n) is 3.45. The maximum Gasteiger partial charge on any atom is 0.202 e. The first-order valence-electron chi connectivity index (χ1n) is 6.35. The average Bonchev–Trinajstić information content (AvgIpc) is 2.45. The summed E-state index contributed by atoms with van der Waals surface area (Å²) >= 11 is 0. The molecule has 0 fully saturated rings. The fourth-order valence-electron chi connectivity index (χ4n) is 2.38. The predicted octanol–water partition coefficient (Wildman–Crippen LogP) is -0.463. The van der Waals surface area contributed by atoms with Gasteiger partial charge in [-0.05, 0) is 17.7 Å². The molecule has 130 valence electrons. The molecule has 0 radical (unpaired) electrons. The molecule has 9 heteroatoms. The average molecular weight is 340 g/mol. The molecule has 9 nitrogen and oxygen atoms in total. The molecule has 1 heterocycles. The number of fused-ring (bicyclic) bond motifs is 1. The minimum absolute atomic E-state index is 0. The highest BCUT2D eigenvalue weighted by molar-refractivity contribution is 6.05. The Hall–Kier alpha value is -3.01. The number of rotatable bonds is 1. The van der Waals surface area contributed by atoms with Crippen LogP contribution in [0.4, 0.5) is 0 Å². The molecule has 0 aliphatic carbocycles. The number of phenols is 4. The molecular weight excluding hydrogens is 324 g/mol. The molecule has 0 saturated heterocycles. The smallest absolute Gasteiger partial charge is 0.202 e. The van der Waals surface area contributed by atoms with E-state index in [9.17, 15) is 30.3 Å². The van der Waals surface area contributed by atoms with E-state index in [0.29, 0.717) is 0 Å². The van der Waals surface area contributed by atoms with Gasteiger partial charge in [-0.2, -0.15) is 0 Å². The fourth-order valence-corrected chi connectivity index (χ4v) is 2.38. The highest BCUT2D eigenvalue weighted by Gasteiger charge is 2.39. The van der Waals surface area contributed by atoms with Crippen molar-refractivity contribution in [1.82, 2.24) is 0 Å². The molecule has 3 rings (SSSR count). The summed E-state index contributed by atoms with van der Waals surface area (Å²) in [4.78, 5) is 12.2. The van der Waals surface area contributed by atoms with Crippen LogP contribution in [0, 0.1) is 0 Å². The van der Waals surface area contributed by atoms with Crippen molar-refractivity contribution >= 4 is 5.78 Å². The second kappa shape index (κ2) is 6.62. The zero-order valence-electron chi connectivity index (χ0n) is 12.1. The molecule has 0 spiro atoms. The Morgan fingerprint density at radius 1 is 0.875 bits per heavy atom. The van der Waals surface area contributed by atoms with Gasteiger partial charge in [-0.3, -0.25) is 4.79 Å². The number of ether oxygens (including phenoxy) is 1. The van der Waals surface area contributed by atoms with Crippen LogP contribution in [-0.2, 0) is 0 Å². The van der Waals surface area contributed by atoms with Crippen molar-refractivity contribution in [1.29, 1.82) is 0 Å². The monoisotopic (exact) mass is 340 g/mol. The third-order valence-corrected chi connectivity index (χ3v) is 3.45. The third kappa shape index (κ3) is 2.91. The number of aliphatic hydroxyl groups is 1. The second-order valence-corrected chi connectivity index (χ2v) is 4.93. The van der Waals surface area contributed by atoms with Gasteiger partial charge in [-0.25, -0.2) is 0 Å². The van der Waals surface area contributed by atoms with Gasteiger partial charge in [0.2, 0.25) is 5.78 Å². The van der Waals surface area contributed by atoms with E-state index in [2.05, 4.69) is 0 Å². The van der Waals surface area contributed by atoms with E-state index in [-0.39, 0.29) is 39.3 Å². The maximum absolute atomic E-state index is 12.2. The van der Waals surface area contributed by atoms with Gasteiger partial charge in [0.05, 0.1) is 0 Å². The van der Waals surface area contributed by atoms with Crippen molar-refractivity contribution in [2.45, 2.75) is 12.2 Å². The lowest BCUT2D eigenvalue weighted by molar-refractivity contribution is 0.0210. The van der Waals surface area contributed by atoms with Gasteiger partial charge in [-0.1, -0.05) is 6.07 Å². The topological polar surface area (TPSA) is 190 Å². The lowest BCUT2D eigenvalue weighted by Gasteiger charge is -2.30. The zero-order chi connectivity index (χ0) is 16.0. The number of carbonyl (C=O) groups is 1. The Bertz CT molecular complexity index is 772. The first-order chi connectivity index (χ1) is 10.4. The maximum atomic E-state index is 12.2. The molecular formula is C15H16O9. The van der Waals surface area contributed by atoms with E-state index in [4.69, 9.17) is 4.74 Å². The summed E-state index contributed by atoms with van der Waals surface area (Å²) in [5.41, 5.74) is 0.0363. The number of benzene rings is 2. The summed E-state index contributed by atoms with van der Waals surface area (Å²) < 4.78 is 5.47. The molecule has 1 aliphatic rings. The first kappa shape index (κ1) is 19.0. The van der Waals surface area contributed by atoms with Gasteiger partial charge in [0.15, 0.2) is 23.7 Å². The number of hydrogen-bond donors (Lipinski definition) is 5. The van der Waals surface area contributed by atoms with Gasteiger partial charge < -0.3 is 41.2 Å². The number of ketones is 1. The number of aliphatic hydroxyl groups excluding tert-OH is 1. The molecule has 2 atom stereocenters. The minimum Gasteiger partial charge on any atom is -0.508 e. The van der Waals surface area contributed by atoms with Gasteiger partial charge >= 0.3 is 0 Å². The van der Waals surface area contributed by atoms with Crippen molar-refractivity contribution in [3.8, 4) is 28.7 Å². The van der Waals surface area contributed by atoms with Crippen LogP contribution < -0.4 is 4.74 Å².